The third kappa shape index (κ3) is 4.98. The summed E-state index contributed by atoms with van der Waals surface area (Å²) in [6.07, 6.45) is 3.70. The lowest BCUT2D eigenvalue weighted by Crippen LogP contribution is -2.32. The van der Waals surface area contributed by atoms with Crippen molar-refractivity contribution in [3.63, 3.8) is 0 Å². The van der Waals surface area contributed by atoms with Crippen LogP contribution in [0.1, 0.15) is 51.6 Å². The van der Waals surface area contributed by atoms with Crippen LogP contribution in [0.15, 0.2) is 24.3 Å². The molecular weight excluding hydrogens is 280 g/mol. The van der Waals surface area contributed by atoms with Crippen LogP contribution in [0.25, 0.3) is 0 Å². The van der Waals surface area contributed by atoms with Gasteiger partial charge in [-0.1, -0.05) is 37.1 Å². The van der Waals surface area contributed by atoms with Crippen molar-refractivity contribution in [3.05, 3.63) is 34.9 Å². The van der Waals surface area contributed by atoms with E-state index in [4.69, 9.17) is 11.6 Å². The first-order valence-corrected chi connectivity index (χ1v) is 8.70. The highest BCUT2D eigenvalue weighted by molar-refractivity contribution is 6.30. The first-order chi connectivity index (χ1) is 10.1. The summed E-state index contributed by atoms with van der Waals surface area (Å²) < 4.78 is 0. The topological polar surface area (TPSA) is 15.3 Å². The van der Waals surface area contributed by atoms with Crippen molar-refractivity contribution in [3.8, 4) is 0 Å². The summed E-state index contributed by atoms with van der Waals surface area (Å²) in [6, 6.07) is 9.45. The van der Waals surface area contributed by atoms with Crippen LogP contribution in [-0.4, -0.2) is 30.6 Å². The Morgan fingerprint density at radius 3 is 2.57 bits per heavy atom. The summed E-state index contributed by atoms with van der Waals surface area (Å²) in [5, 5.41) is 4.61. The molecule has 2 atom stereocenters. The minimum atomic E-state index is 0.459. The average molecular weight is 309 g/mol. The van der Waals surface area contributed by atoms with E-state index in [-0.39, 0.29) is 0 Å². The van der Waals surface area contributed by atoms with E-state index in [1.54, 1.807) is 0 Å². The van der Waals surface area contributed by atoms with Crippen LogP contribution in [-0.2, 0) is 0 Å². The minimum absolute atomic E-state index is 0.459. The second-order valence-corrected chi connectivity index (χ2v) is 6.98. The van der Waals surface area contributed by atoms with Gasteiger partial charge >= 0.3 is 0 Å². The molecule has 1 saturated heterocycles. The fourth-order valence-corrected chi connectivity index (χ4v) is 3.30. The molecule has 0 aliphatic carbocycles. The van der Waals surface area contributed by atoms with Crippen LogP contribution in [0.4, 0.5) is 0 Å². The Morgan fingerprint density at radius 1 is 1.29 bits per heavy atom. The summed E-state index contributed by atoms with van der Waals surface area (Å²) in [7, 11) is 0. The van der Waals surface area contributed by atoms with Gasteiger partial charge in [-0.15, -0.1) is 0 Å². The zero-order valence-electron chi connectivity index (χ0n) is 13.6. The van der Waals surface area contributed by atoms with Crippen LogP contribution in [0, 0.1) is 5.92 Å². The quantitative estimate of drug-likeness (QED) is 0.798. The Bertz CT molecular complexity index is 416. The molecule has 1 aliphatic heterocycles. The number of halogens is 1. The highest BCUT2D eigenvalue weighted by atomic mass is 35.5. The van der Waals surface area contributed by atoms with E-state index in [1.807, 2.05) is 12.1 Å². The van der Waals surface area contributed by atoms with Crippen LogP contribution < -0.4 is 5.32 Å². The molecule has 0 spiro atoms. The van der Waals surface area contributed by atoms with Crippen molar-refractivity contribution in [2.24, 2.45) is 5.92 Å². The van der Waals surface area contributed by atoms with Crippen molar-refractivity contribution in [1.29, 1.82) is 0 Å². The molecule has 1 aromatic rings. The summed E-state index contributed by atoms with van der Waals surface area (Å²) >= 11 is 5.99. The fourth-order valence-electron chi connectivity index (χ4n) is 3.18. The van der Waals surface area contributed by atoms with Gasteiger partial charge in [0.2, 0.25) is 0 Å². The number of nitrogens with one attached hydrogen (secondary N) is 1. The molecule has 0 bridgehead atoms. The molecule has 0 radical (unpaired) electrons. The number of hydrogen-bond acceptors (Lipinski definition) is 2. The molecule has 0 saturated carbocycles. The summed E-state index contributed by atoms with van der Waals surface area (Å²) in [6.45, 7) is 10.5. The lowest BCUT2D eigenvalue weighted by molar-refractivity contribution is 0.262. The normalized spacial score (nSPS) is 21.1. The van der Waals surface area contributed by atoms with Gasteiger partial charge in [-0.2, -0.15) is 0 Å². The van der Waals surface area contributed by atoms with E-state index in [9.17, 15) is 0 Å². The molecule has 21 heavy (non-hydrogen) atoms. The van der Waals surface area contributed by atoms with Gasteiger partial charge in [-0.05, 0) is 63.4 Å². The Labute approximate surface area is 134 Å². The third-order valence-corrected chi connectivity index (χ3v) is 4.80. The van der Waals surface area contributed by atoms with Crippen molar-refractivity contribution in [2.45, 2.75) is 52.1 Å². The molecule has 2 unspecified atom stereocenters. The largest absolute Gasteiger partial charge is 0.310 e. The van der Waals surface area contributed by atoms with Crippen molar-refractivity contribution < 1.29 is 0 Å². The molecule has 3 heteroatoms. The Hall–Kier alpha value is -0.570. The molecular formula is C18H29ClN2. The van der Waals surface area contributed by atoms with Gasteiger partial charge in [0.25, 0.3) is 0 Å². The van der Waals surface area contributed by atoms with E-state index >= 15 is 0 Å². The number of nitrogens with zero attached hydrogens (tertiary/aromatic N) is 1. The predicted molar refractivity (Wildman–Crippen MR) is 91.9 cm³/mol. The van der Waals surface area contributed by atoms with Gasteiger partial charge in [0, 0.05) is 23.7 Å². The second kappa shape index (κ2) is 8.17. The lowest BCUT2D eigenvalue weighted by atomic mass is 10.0. The van der Waals surface area contributed by atoms with Crippen LogP contribution in [0.3, 0.4) is 0 Å². The standard InChI is InChI=1S/C18H29ClN2/c1-4-5-18(16-6-8-17(19)9-7-16)20-12-15-10-11-21(13-15)14(2)3/h6-9,14-15,18,20H,4-5,10-13H2,1-3H3. The molecule has 1 fully saturated rings. The number of rotatable bonds is 7. The predicted octanol–water partition coefficient (Wildman–Crippen LogP) is 4.50. The van der Waals surface area contributed by atoms with E-state index in [1.165, 1.54) is 37.9 Å². The number of benzene rings is 1. The first-order valence-electron chi connectivity index (χ1n) is 8.33. The molecule has 1 aromatic carbocycles. The minimum Gasteiger partial charge on any atom is -0.310 e. The molecule has 0 amide bonds. The number of likely N-dealkylation sites (tertiary alicyclic amines) is 1. The zero-order valence-corrected chi connectivity index (χ0v) is 14.4. The average Bonchev–Trinajstić information content (AvgIpc) is 2.93. The van der Waals surface area contributed by atoms with Crippen molar-refractivity contribution >= 4 is 11.6 Å². The molecule has 1 aliphatic rings. The Balaban J connectivity index is 1.87. The lowest BCUT2D eigenvalue weighted by Gasteiger charge is -2.23. The van der Waals surface area contributed by atoms with Crippen LogP contribution in [0.5, 0.6) is 0 Å². The number of hydrogen-bond donors (Lipinski definition) is 1. The van der Waals surface area contributed by atoms with Gasteiger partial charge in [0.05, 0.1) is 0 Å². The fraction of sp³-hybridized carbons (Fsp3) is 0.667. The van der Waals surface area contributed by atoms with Gasteiger partial charge in [0.15, 0.2) is 0 Å². The summed E-state index contributed by atoms with van der Waals surface area (Å²) in [5.41, 5.74) is 1.36. The van der Waals surface area contributed by atoms with E-state index in [2.05, 4.69) is 43.1 Å². The van der Waals surface area contributed by atoms with Crippen LogP contribution >= 0.6 is 11.6 Å². The molecule has 2 nitrogen and oxygen atoms in total. The van der Waals surface area contributed by atoms with Gasteiger partial charge in [-0.3, -0.25) is 0 Å². The molecule has 118 valence electrons. The molecule has 0 aromatic heterocycles. The first kappa shape index (κ1) is 16.8. The van der Waals surface area contributed by atoms with E-state index in [0.29, 0.717) is 12.1 Å². The smallest absolute Gasteiger partial charge is 0.0406 e. The van der Waals surface area contributed by atoms with Gasteiger partial charge in [0.1, 0.15) is 0 Å². The van der Waals surface area contributed by atoms with Crippen molar-refractivity contribution in [2.75, 3.05) is 19.6 Å². The maximum atomic E-state index is 5.99. The summed E-state index contributed by atoms with van der Waals surface area (Å²) in [5.74, 6) is 0.791. The molecule has 1 N–H and O–H groups in total. The summed E-state index contributed by atoms with van der Waals surface area (Å²) in [4.78, 5) is 2.59. The zero-order chi connectivity index (χ0) is 15.2. The third-order valence-electron chi connectivity index (χ3n) is 4.55. The van der Waals surface area contributed by atoms with E-state index < -0.39 is 0 Å². The van der Waals surface area contributed by atoms with Gasteiger partial charge < -0.3 is 10.2 Å². The highest BCUT2D eigenvalue weighted by Gasteiger charge is 2.24. The molecule has 2 rings (SSSR count). The SMILES string of the molecule is CCCC(NCC1CCN(C(C)C)C1)c1ccc(Cl)cc1. The Kier molecular flexibility index (Phi) is 6.53. The van der Waals surface area contributed by atoms with Gasteiger partial charge in [-0.25, -0.2) is 0 Å². The maximum Gasteiger partial charge on any atom is 0.0406 e. The highest BCUT2D eigenvalue weighted by Crippen LogP contribution is 2.23. The monoisotopic (exact) mass is 308 g/mol. The Morgan fingerprint density at radius 2 is 2.00 bits per heavy atom. The van der Waals surface area contributed by atoms with E-state index in [0.717, 1.165) is 17.5 Å². The molecule has 1 heterocycles. The maximum absolute atomic E-state index is 5.99. The van der Waals surface area contributed by atoms with Crippen LogP contribution in [0.2, 0.25) is 5.02 Å². The van der Waals surface area contributed by atoms with Crippen molar-refractivity contribution in [1.82, 2.24) is 10.2 Å². The second-order valence-electron chi connectivity index (χ2n) is 6.54.